The van der Waals surface area contributed by atoms with Gasteiger partial charge in [0.15, 0.2) is 0 Å². The lowest BCUT2D eigenvalue weighted by Crippen LogP contribution is -2.43. The van der Waals surface area contributed by atoms with Crippen LogP contribution < -0.4 is 5.14 Å². The molecule has 1 aliphatic heterocycles. The Hall–Kier alpha value is -0.210. The van der Waals surface area contributed by atoms with E-state index in [0.717, 1.165) is 4.31 Å². The predicted molar refractivity (Wildman–Crippen MR) is 46.3 cm³/mol. The third-order valence-corrected chi connectivity index (χ3v) is 2.80. The van der Waals surface area contributed by atoms with Crippen LogP contribution in [-0.2, 0) is 19.7 Å². The monoisotopic (exact) mass is 210 g/mol. The minimum Gasteiger partial charge on any atom is -0.376 e. The average Bonchev–Trinajstić information content (AvgIpc) is 2.04. The van der Waals surface area contributed by atoms with Crippen LogP contribution in [0.3, 0.4) is 0 Å². The molecule has 78 valence electrons. The molecule has 1 atom stereocenters. The molecule has 1 heterocycles. The molecule has 0 saturated carbocycles. The molecule has 6 nitrogen and oxygen atoms in total. The van der Waals surface area contributed by atoms with E-state index < -0.39 is 10.2 Å². The third-order valence-electron chi connectivity index (χ3n) is 1.78. The first kappa shape index (κ1) is 10.9. The molecule has 0 spiro atoms. The Morgan fingerprint density at radius 3 is 2.69 bits per heavy atom. The van der Waals surface area contributed by atoms with E-state index in [1.54, 1.807) is 0 Å². The van der Waals surface area contributed by atoms with Crippen molar-refractivity contribution in [2.75, 3.05) is 33.4 Å². The van der Waals surface area contributed by atoms with Gasteiger partial charge in [0.2, 0.25) is 0 Å². The number of hydrogen-bond acceptors (Lipinski definition) is 4. The molecule has 0 amide bonds. The number of rotatable bonds is 3. The maximum atomic E-state index is 10.8. The molecule has 1 aliphatic rings. The van der Waals surface area contributed by atoms with E-state index in [1.807, 2.05) is 0 Å². The molecule has 7 heteroatoms. The summed E-state index contributed by atoms with van der Waals surface area (Å²) in [7, 11) is -2.19. The number of hydrogen-bond donors (Lipinski definition) is 1. The van der Waals surface area contributed by atoms with Gasteiger partial charge in [0.25, 0.3) is 10.2 Å². The Bertz CT molecular complexity index is 247. The fourth-order valence-corrected chi connectivity index (χ4v) is 1.41. The standard InChI is InChI=1S/C6H14N2O4S/c1-8(13(7,9)10)4-6-5-11-2-3-12-6/h6H,2-5H2,1H3,(H2,7,9,10)/t6-/m1/s1. The summed E-state index contributed by atoms with van der Waals surface area (Å²) >= 11 is 0. The van der Waals surface area contributed by atoms with Gasteiger partial charge in [-0.1, -0.05) is 0 Å². The van der Waals surface area contributed by atoms with Crippen molar-refractivity contribution in [1.82, 2.24) is 4.31 Å². The Labute approximate surface area is 77.8 Å². The second-order valence-corrected chi connectivity index (χ2v) is 4.55. The Morgan fingerprint density at radius 2 is 2.23 bits per heavy atom. The summed E-state index contributed by atoms with van der Waals surface area (Å²) in [5, 5.41) is 4.90. The fraction of sp³-hybridized carbons (Fsp3) is 1.00. The summed E-state index contributed by atoms with van der Waals surface area (Å²) in [5.74, 6) is 0. The normalized spacial score (nSPS) is 25.0. The highest BCUT2D eigenvalue weighted by Crippen LogP contribution is 2.03. The number of ether oxygens (including phenoxy) is 2. The van der Waals surface area contributed by atoms with E-state index in [9.17, 15) is 8.42 Å². The van der Waals surface area contributed by atoms with Crippen LogP contribution in [0.25, 0.3) is 0 Å². The topological polar surface area (TPSA) is 81.9 Å². The SMILES string of the molecule is CN(C[C@@H]1COCCO1)S(N)(=O)=O. The van der Waals surface area contributed by atoms with Crippen LogP contribution >= 0.6 is 0 Å². The molecule has 0 bridgehead atoms. The lowest BCUT2D eigenvalue weighted by molar-refractivity contribution is -0.0909. The van der Waals surface area contributed by atoms with Crippen molar-refractivity contribution in [3.05, 3.63) is 0 Å². The molecule has 1 fully saturated rings. The van der Waals surface area contributed by atoms with Gasteiger partial charge in [-0.25, -0.2) is 5.14 Å². The van der Waals surface area contributed by atoms with Gasteiger partial charge >= 0.3 is 0 Å². The van der Waals surface area contributed by atoms with Gasteiger partial charge in [-0.2, -0.15) is 12.7 Å². The maximum Gasteiger partial charge on any atom is 0.276 e. The van der Waals surface area contributed by atoms with Crippen LogP contribution in [0.15, 0.2) is 0 Å². The zero-order chi connectivity index (χ0) is 9.90. The van der Waals surface area contributed by atoms with Crippen molar-refractivity contribution in [3.63, 3.8) is 0 Å². The average molecular weight is 210 g/mol. The molecule has 1 saturated heterocycles. The molecular formula is C6H14N2O4S. The Morgan fingerprint density at radius 1 is 1.54 bits per heavy atom. The molecule has 2 N–H and O–H groups in total. The Kier molecular flexibility index (Phi) is 3.63. The lowest BCUT2D eigenvalue weighted by atomic mass is 10.3. The Balaban J connectivity index is 2.39. The minimum absolute atomic E-state index is 0.211. The molecule has 13 heavy (non-hydrogen) atoms. The molecular weight excluding hydrogens is 196 g/mol. The molecule has 0 aromatic rings. The van der Waals surface area contributed by atoms with Gasteiger partial charge in [-0.15, -0.1) is 0 Å². The van der Waals surface area contributed by atoms with Crippen LogP contribution in [0.5, 0.6) is 0 Å². The first-order valence-corrected chi connectivity index (χ1v) is 5.44. The zero-order valence-electron chi connectivity index (χ0n) is 7.47. The van der Waals surface area contributed by atoms with E-state index in [1.165, 1.54) is 7.05 Å². The van der Waals surface area contributed by atoms with E-state index >= 15 is 0 Å². The van der Waals surface area contributed by atoms with Gasteiger partial charge in [0.1, 0.15) is 0 Å². The summed E-state index contributed by atoms with van der Waals surface area (Å²) in [5.41, 5.74) is 0. The second kappa shape index (κ2) is 4.34. The first-order valence-electron chi connectivity index (χ1n) is 3.93. The highest BCUT2D eigenvalue weighted by atomic mass is 32.2. The van der Waals surface area contributed by atoms with Crippen LogP contribution in [-0.4, -0.2) is 52.2 Å². The van der Waals surface area contributed by atoms with Gasteiger partial charge in [0, 0.05) is 13.6 Å². The van der Waals surface area contributed by atoms with Gasteiger partial charge < -0.3 is 9.47 Å². The fourth-order valence-electron chi connectivity index (χ4n) is 1.03. The van der Waals surface area contributed by atoms with Crippen molar-refractivity contribution >= 4 is 10.2 Å². The second-order valence-electron chi connectivity index (χ2n) is 2.89. The summed E-state index contributed by atoms with van der Waals surface area (Å²) in [4.78, 5) is 0. The summed E-state index contributed by atoms with van der Waals surface area (Å²) in [6.45, 7) is 1.72. The highest BCUT2D eigenvalue weighted by molar-refractivity contribution is 7.86. The van der Waals surface area contributed by atoms with Crippen molar-refractivity contribution in [1.29, 1.82) is 0 Å². The smallest absolute Gasteiger partial charge is 0.276 e. The van der Waals surface area contributed by atoms with Crippen LogP contribution in [0.1, 0.15) is 0 Å². The molecule has 0 radical (unpaired) electrons. The van der Waals surface area contributed by atoms with E-state index in [0.29, 0.717) is 19.8 Å². The van der Waals surface area contributed by atoms with Crippen LogP contribution in [0.2, 0.25) is 0 Å². The van der Waals surface area contributed by atoms with Crippen molar-refractivity contribution < 1.29 is 17.9 Å². The van der Waals surface area contributed by atoms with E-state index in [4.69, 9.17) is 14.6 Å². The third kappa shape index (κ3) is 3.57. The molecule has 0 aromatic carbocycles. The minimum atomic E-state index is -3.60. The van der Waals surface area contributed by atoms with Gasteiger partial charge in [-0.05, 0) is 0 Å². The number of nitrogens with two attached hydrogens (primary N) is 1. The summed E-state index contributed by atoms with van der Waals surface area (Å²) in [6.07, 6.45) is -0.211. The van der Waals surface area contributed by atoms with Crippen molar-refractivity contribution in [2.24, 2.45) is 5.14 Å². The maximum absolute atomic E-state index is 10.8. The largest absolute Gasteiger partial charge is 0.376 e. The molecule has 0 aliphatic carbocycles. The number of likely N-dealkylation sites (N-methyl/N-ethyl adjacent to an activating group) is 1. The lowest BCUT2D eigenvalue weighted by Gasteiger charge is -2.25. The highest BCUT2D eigenvalue weighted by Gasteiger charge is 2.20. The van der Waals surface area contributed by atoms with E-state index in [2.05, 4.69) is 0 Å². The van der Waals surface area contributed by atoms with Gasteiger partial charge in [-0.3, -0.25) is 0 Å². The molecule has 1 rings (SSSR count). The van der Waals surface area contributed by atoms with E-state index in [-0.39, 0.29) is 12.6 Å². The van der Waals surface area contributed by atoms with Crippen molar-refractivity contribution in [2.45, 2.75) is 6.10 Å². The molecule has 0 unspecified atom stereocenters. The summed E-state index contributed by atoms with van der Waals surface area (Å²) < 4.78 is 33.0. The van der Waals surface area contributed by atoms with Crippen LogP contribution in [0, 0.1) is 0 Å². The number of nitrogens with zero attached hydrogens (tertiary/aromatic N) is 1. The predicted octanol–water partition coefficient (Wildman–Crippen LogP) is -1.46. The van der Waals surface area contributed by atoms with Crippen LogP contribution in [0.4, 0.5) is 0 Å². The zero-order valence-corrected chi connectivity index (χ0v) is 8.29. The molecule has 0 aromatic heterocycles. The quantitative estimate of drug-likeness (QED) is 0.617. The van der Waals surface area contributed by atoms with Gasteiger partial charge in [0.05, 0.1) is 25.9 Å². The first-order chi connectivity index (χ1) is 6.00. The van der Waals surface area contributed by atoms with Crippen molar-refractivity contribution in [3.8, 4) is 0 Å². The summed E-state index contributed by atoms with van der Waals surface area (Å²) in [6, 6.07) is 0.